The van der Waals surface area contributed by atoms with Crippen LogP contribution < -0.4 is 5.73 Å². The van der Waals surface area contributed by atoms with Crippen LogP contribution in [0.5, 0.6) is 0 Å². The van der Waals surface area contributed by atoms with Crippen molar-refractivity contribution < 1.29 is 0 Å². The summed E-state index contributed by atoms with van der Waals surface area (Å²) in [6.45, 7) is 3.20. The quantitative estimate of drug-likeness (QED) is 0.669. The summed E-state index contributed by atoms with van der Waals surface area (Å²) in [5.74, 6) is 0.919. The molecule has 1 aromatic carbocycles. The monoisotopic (exact) mass is 325 g/mol. The Balaban J connectivity index is 2.04. The minimum absolute atomic E-state index is 0.780. The Bertz CT molecular complexity index is 525. The molecule has 96 valence electrons. The van der Waals surface area contributed by atoms with Crippen LogP contribution in [0.3, 0.4) is 0 Å². The third-order valence-corrected chi connectivity index (χ3v) is 4.62. The molecule has 0 aliphatic rings. The fourth-order valence-electron chi connectivity index (χ4n) is 1.70. The summed E-state index contributed by atoms with van der Waals surface area (Å²) in [4.78, 5) is 5.41. The molecule has 0 atom stereocenters. The summed E-state index contributed by atoms with van der Waals surface area (Å²) in [6.07, 6.45) is 4.96. The van der Waals surface area contributed by atoms with Crippen LogP contribution in [-0.4, -0.2) is 9.55 Å². The van der Waals surface area contributed by atoms with Crippen molar-refractivity contribution >= 4 is 33.4 Å². The largest absolute Gasteiger partial charge is 0.399 e. The number of hydrogen-bond donors (Lipinski definition) is 1. The van der Waals surface area contributed by atoms with Gasteiger partial charge in [0, 0.05) is 39.2 Å². The van der Waals surface area contributed by atoms with Gasteiger partial charge in [-0.3, -0.25) is 0 Å². The van der Waals surface area contributed by atoms with Crippen molar-refractivity contribution in [3.63, 3.8) is 0 Å². The molecule has 0 saturated carbocycles. The van der Waals surface area contributed by atoms with Gasteiger partial charge in [0.1, 0.15) is 0 Å². The molecule has 5 heteroatoms. The van der Waals surface area contributed by atoms with E-state index >= 15 is 0 Å². The first-order valence-corrected chi connectivity index (χ1v) is 7.65. The van der Waals surface area contributed by atoms with Gasteiger partial charge < -0.3 is 10.3 Å². The number of aromatic nitrogens is 2. The highest BCUT2D eigenvalue weighted by atomic mass is 79.9. The predicted octanol–water partition coefficient (Wildman–Crippen LogP) is 3.93. The molecule has 2 N–H and O–H groups in total. The lowest BCUT2D eigenvalue weighted by Crippen LogP contribution is -1.99. The second kappa shape index (κ2) is 6.29. The third kappa shape index (κ3) is 3.29. The maximum Gasteiger partial charge on any atom is 0.0948 e. The number of halogens is 1. The van der Waals surface area contributed by atoms with Gasteiger partial charge in [0.25, 0.3) is 0 Å². The molecule has 0 aliphatic carbocycles. The van der Waals surface area contributed by atoms with Crippen molar-refractivity contribution in [2.24, 2.45) is 0 Å². The van der Waals surface area contributed by atoms with Gasteiger partial charge in [-0.2, -0.15) is 0 Å². The van der Waals surface area contributed by atoms with E-state index in [4.69, 9.17) is 5.73 Å². The van der Waals surface area contributed by atoms with E-state index in [0.717, 1.165) is 28.9 Å². The fraction of sp³-hybridized carbons (Fsp3) is 0.308. The number of benzene rings is 1. The minimum atomic E-state index is 0.780. The van der Waals surface area contributed by atoms with E-state index in [2.05, 4.69) is 32.4 Å². The number of aryl methyl sites for hydroxylation is 1. The van der Waals surface area contributed by atoms with Crippen molar-refractivity contribution in [3.05, 3.63) is 40.9 Å². The molecule has 0 bridgehead atoms. The highest BCUT2D eigenvalue weighted by molar-refractivity contribution is 9.10. The van der Waals surface area contributed by atoms with E-state index in [0.29, 0.717) is 0 Å². The number of anilines is 1. The lowest BCUT2D eigenvalue weighted by molar-refractivity contribution is 0.659. The molecule has 1 aromatic heterocycles. The van der Waals surface area contributed by atoms with Crippen LogP contribution in [0, 0.1) is 0 Å². The van der Waals surface area contributed by atoms with Gasteiger partial charge in [-0.1, -0.05) is 6.92 Å². The Morgan fingerprint density at radius 3 is 3.00 bits per heavy atom. The van der Waals surface area contributed by atoms with Crippen LogP contribution in [0.25, 0.3) is 0 Å². The van der Waals surface area contributed by atoms with E-state index in [-0.39, 0.29) is 0 Å². The van der Waals surface area contributed by atoms with Gasteiger partial charge in [0.2, 0.25) is 0 Å². The van der Waals surface area contributed by atoms with E-state index in [9.17, 15) is 0 Å². The molecule has 2 aromatic rings. The molecule has 18 heavy (non-hydrogen) atoms. The molecular weight excluding hydrogens is 310 g/mol. The van der Waals surface area contributed by atoms with E-state index < -0.39 is 0 Å². The zero-order valence-electron chi connectivity index (χ0n) is 10.3. The normalized spacial score (nSPS) is 10.8. The Morgan fingerprint density at radius 2 is 2.28 bits per heavy atom. The van der Waals surface area contributed by atoms with Gasteiger partial charge in [-0.05, 0) is 40.5 Å². The topological polar surface area (TPSA) is 43.8 Å². The number of nitrogens with two attached hydrogens (primary N) is 1. The zero-order valence-corrected chi connectivity index (χ0v) is 12.7. The number of nitrogens with zero attached hydrogens (tertiary/aromatic N) is 2. The summed E-state index contributed by atoms with van der Waals surface area (Å²) >= 11 is 5.33. The first kappa shape index (κ1) is 13.5. The van der Waals surface area contributed by atoms with Gasteiger partial charge >= 0.3 is 0 Å². The van der Waals surface area contributed by atoms with Crippen LogP contribution in [0.2, 0.25) is 0 Å². The Kier molecular flexibility index (Phi) is 4.72. The van der Waals surface area contributed by atoms with Crippen molar-refractivity contribution in [2.75, 3.05) is 5.73 Å². The molecular formula is C13H16BrN3S. The summed E-state index contributed by atoms with van der Waals surface area (Å²) in [7, 11) is 0. The number of hydrogen-bond acceptors (Lipinski definition) is 3. The maximum atomic E-state index is 5.73. The molecule has 0 fully saturated rings. The Labute approximate surface area is 120 Å². The van der Waals surface area contributed by atoms with E-state index in [1.807, 2.05) is 30.7 Å². The zero-order chi connectivity index (χ0) is 13.0. The highest BCUT2D eigenvalue weighted by Gasteiger charge is 2.05. The van der Waals surface area contributed by atoms with Gasteiger partial charge in [-0.15, -0.1) is 11.8 Å². The van der Waals surface area contributed by atoms with Crippen LogP contribution in [0.15, 0.2) is 40.1 Å². The fourth-order valence-corrected chi connectivity index (χ4v) is 3.34. The summed E-state index contributed by atoms with van der Waals surface area (Å²) in [6, 6.07) is 5.91. The van der Waals surface area contributed by atoms with Gasteiger partial charge in [-0.25, -0.2) is 4.98 Å². The lowest BCUT2D eigenvalue weighted by Gasteiger charge is -2.08. The predicted molar refractivity (Wildman–Crippen MR) is 80.6 cm³/mol. The van der Waals surface area contributed by atoms with Gasteiger partial charge in [0.05, 0.1) is 6.33 Å². The number of imidazole rings is 1. The lowest BCUT2D eigenvalue weighted by atomic mass is 10.3. The number of nitrogen functional groups attached to an aromatic ring is 1. The van der Waals surface area contributed by atoms with Crippen LogP contribution in [0.4, 0.5) is 5.69 Å². The van der Waals surface area contributed by atoms with Crippen LogP contribution in [-0.2, 0) is 12.3 Å². The smallest absolute Gasteiger partial charge is 0.0948 e. The van der Waals surface area contributed by atoms with E-state index in [1.165, 1.54) is 10.6 Å². The minimum Gasteiger partial charge on any atom is -0.399 e. The number of thioether (sulfide) groups is 1. The SMILES string of the molecule is CCCn1cncc1CSc1ccc(N)cc1Br. The number of rotatable bonds is 5. The Morgan fingerprint density at radius 1 is 1.44 bits per heavy atom. The molecule has 0 unspecified atom stereocenters. The van der Waals surface area contributed by atoms with Crippen molar-refractivity contribution in [1.29, 1.82) is 0 Å². The van der Waals surface area contributed by atoms with Gasteiger partial charge in [0.15, 0.2) is 0 Å². The molecule has 1 heterocycles. The highest BCUT2D eigenvalue weighted by Crippen LogP contribution is 2.31. The summed E-state index contributed by atoms with van der Waals surface area (Å²) in [5.41, 5.74) is 7.76. The average molecular weight is 326 g/mol. The van der Waals surface area contributed by atoms with Crippen molar-refractivity contribution in [1.82, 2.24) is 9.55 Å². The van der Waals surface area contributed by atoms with Crippen molar-refractivity contribution in [2.45, 2.75) is 30.5 Å². The summed E-state index contributed by atoms with van der Waals surface area (Å²) in [5, 5.41) is 0. The van der Waals surface area contributed by atoms with E-state index in [1.54, 1.807) is 11.8 Å². The van der Waals surface area contributed by atoms with Crippen molar-refractivity contribution in [3.8, 4) is 0 Å². The van der Waals surface area contributed by atoms with Crippen LogP contribution in [0.1, 0.15) is 19.0 Å². The van der Waals surface area contributed by atoms with Crippen LogP contribution >= 0.6 is 27.7 Å². The molecule has 2 rings (SSSR count). The molecule has 0 saturated heterocycles. The Hall–Kier alpha value is -0.940. The standard InChI is InChI=1S/C13H16BrN3S/c1-2-5-17-9-16-7-11(17)8-18-13-4-3-10(15)6-12(13)14/h3-4,6-7,9H,2,5,8,15H2,1H3. The first-order valence-electron chi connectivity index (χ1n) is 5.87. The third-order valence-electron chi connectivity index (χ3n) is 2.59. The first-order chi connectivity index (χ1) is 8.70. The summed E-state index contributed by atoms with van der Waals surface area (Å²) < 4.78 is 3.26. The average Bonchev–Trinajstić information content (AvgIpc) is 2.76. The molecule has 0 aliphatic heterocycles. The molecule has 0 amide bonds. The molecule has 0 spiro atoms. The molecule has 3 nitrogen and oxygen atoms in total. The maximum absolute atomic E-state index is 5.73. The second-order valence-electron chi connectivity index (χ2n) is 4.06. The second-order valence-corrected chi connectivity index (χ2v) is 5.93. The molecule has 0 radical (unpaired) electrons.